The third-order valence-corrected chi connectivity index (χ3v) is 4.73. The number of likely N-dealkylation sites (tertiary alicyclic amines) is 1. The van der Waals surface area contributed by atoms with Crippen LogP contribution in [0.15, 0.2) is 24.3 Å². The number of anilines is 2. The normalized spacial score (nSPS) is 23.7. The molecule has 2 N–H and O–H groups in total. The molecule has 2 atom stereocenters. The first-order chi connectivity index (χ1) is 10.6. The van der Waals surface area contributed by atoms with Crippen LogP contribution in [-0.4, -0.2) is 54.2 Å². The summed E-state index contributed by atoms with van der Waals surface area (Å²) in [6.45, 7) is 5.51. The molecule has 0 radical (unpaired) electrons. The lowest BCUT2D eigenvalue weighted by atomic mass is 10.2. The molecule has 2 aliphatic heterocycles. The summed E-state index contributed by atoms with van der Waals surface area (Å²) in [5, 5.41) is 12.5. The largest absolute Gasteiger partial charge is 0.392 e. The molecule has 120 valence electrons. The lowest BCUT2D eigenvalue weighted by Gasteiger charge is -2.23. The highest BCUT2D eigenvalue weighted by atomic mass is 16.3. The van der Waals surface area contributed by atoms with Crippen LogP contribution in [0.25, 0.3) is 0 Å². The second-order valence-corrected chi connectivity index (χ2v) is 6.34. The van der Waals surface area contributed by atoms with Crippen molar-refractivity contribution in [1.82, 2.24) is 4.90 Å². The summed E-state index contributed by atoms with van der Waals surface area (Å²) in [5.41, 5.74) is 2.06. The van der Waals surface area contributed by atoms with Crippen molar-refractivity contribution in [1.29, 1.82) is 0 Å². The molecule has 0 bridgehead atoms. The molecule has 0 aromatic heterocycles. The Kier molecular flexibility index (Phi) is 4.64. The fourth-order valence-electron chi connectivity index (χ4n) is 3.26. The van der Waals surface area contributed by atoms with E-state index in [0.717, 1.165) is 31.7 Å². The van der Waals surface area contributed by atoms with Gasteiger partial charge in [0.05, 0.1) is 12.1 Å². The summed E-state index contributed by atoms with van der Waals surface area (Å²) in [7, 11) is 0. The molecule has 1 unspecified atom stereocenters. The van der Waals surface area contributed by atoms with E-state index in [1.807, 2.05) is 24.0 Å². The van der Waals surface area contributed by atoms with Gasteiger partial charge in [0.15, 0.2) is 0 Å². The van der Waals surface area contributed by atoms with Gasteiger partial charge in [-0.3, -0.25) is 9.69 Å². The highest BCUT2D eigenvalue weighted by Gasteiger charge is 2.28. The topological polar surface area (TPSA) is 55.8 Å². The number of nitrogens with one attached hydrogen (secondary N) is 1. The maximum atomic E-state index is 12.3. The van der Waals surface area contributed by atoms with Gasteiger partial charge in [-0.05, 0) is 50.5 Å². The zero-order valence-corrected chi connectivity index (χ0v) is 13.2. The van der Waals surface area contributed by atoms with Gasteiger partial charge in [-0.15, -0.1) is 0 Å². The smallest absolute Gasteiger partial charge is 0.241 e. The molecule has 0 aliphatic carbocycles. The van der Waals surface area contributed by atoms with Gasteiger partial charge in [0, 0.05) is 37.6 Å². The molecule has 2 fully saturated rings. The Bertz CT molecular complexity index is 511. The van der Waals surface area contributed by atoms with E-state index in [1.54, 1.807) is 0 Å². The maximum absolute atomic E-state index is 12.3. The summed E-state index contributed by atoms with van der Waals surface area (Å²) < 4.78 is 0. The number of rotatable bonds is 4. The fourth-order valence-corrected chi connectivity index (χ4v) is 3.26. The van der Waals surface area contributed by atoms with E-state index >= 15 is 0 Å². The Labute approximate surface area is 131 Å². The Morgan fingerprint density at radius 2 is 1.91 bits per heavy atom. The zero-order chi connectivity index (χ0) is 15.5. The second-order valence-electron chi connectivity index (χ2n) is 6.34. The van der Waals surface area contributed by atoms with Crippen LogP contribution in [0, 0.1) is 0 Å². The van der Waals surface area contributed by atoms with Crippen molar-refractivity contribution >= 4 is 17.3 Å². The lowest BCUT2D eigenvalue weighted by Crippen LogP contribution is -2.41. The number of carbonyl (C=O) groups excluding carboxylic acids is 1. The van der Waals surface area contributed by atoms with Gasteiger partial charge < -0.3 is 15.3 Å². The SMILES string of the molecule is CC(C(=O)Nc1ccc(N2CCCC2)cc1)N1CC[C@H](O)C1. The number of amides is 1. The van der Waals surface area contributed by atoms with E-state index in [0.29, 0.717) is 6.54 Å². The third-order valence-electron chi connectivity index (χ3n) is 4.73. The van der Waals surface area contributed by atoms with E-state index < -0.39 is 0 Å². The van der Waals surface area contributed by atoms with E-state index in [2.05, 4.69) is 22.3 Å². The maximum Gasteiger partial charge on any atom is 0.241 e. The number of aliphatic hydroxyl groups excluding tert-OH is 1. The van der Waals surface area contributed by atoms with Crippen molar-refractivity contribution in [2.24, 2.45) is 0 Å². The Hall–Kier alpha value is -1.59. The number of hydrogen-bond acceptors (Lipinski definition) is 4. The van der Waals surface area contributed by atoms with Crippen LogP contribution in [0.5, 0.6) is 0 Å². The molecular weight excluding hydrogens is 278 g/mol. The lowest BCUT2D eigenvalue weighted by molar-refractivity contribution is -0.120. The molecule has 1 amide bonds. The van der Waals surface area contributed by atoms with Gasteiger partial charge in [0.25, 0.3) is 0 Å². The average molecular weight is 303 g/mol. The van der Waals surface area contributed by atoms with Crippen LogP contribution in [0.4, 0.5) is 11.4 Å². The number of β-amino-alcohol motifs (C(OH)–C–C–N with tert-alkyl or cyclic N) is 1. The first-order valence-corrected chi connectivity index (χ1v) is 8.21. The van der Waals surface area contributed by atoms with E-state index in [4.69, 9.17) is 0 Å². The average Bonchev–Trinajstić information content (AvgIpc) is 3.18. The molecule has 2 saturated heterocycles. The van der Waals surface area contributed by atoms with E-state index in [1.165, 1.54) is 18.5 Å². The molecule has 1 aromatic carbocycles. The highest BCUT2D eigenvalue weighted by molar-refractivity contribution is 5.94. The molecular formula is C17H25N3O2. The first kappa shape index (κ1) is 15.3. The minimum atomic E-state index is -0.296. The highest BCUT2D eigenvalue weighted by Crippen LogP contribution is 2.22. The van der Waals surface area contributed by atoms with Crippen molar-refractivity contribution in [3.63, 3.8) is 0 Å². The van der Waals surface area contributed by atoms with Gasteiger partial charge in [-0.1, -0.05) is 0 Å². The zero-order valence-electron chi connectivity index (χ0n) is 13.2. The molecule has 1 aromatic rings. The summed E-state index contributed by atoms with van der Waals surface area (Å²) in [6.07, 6.45) is 2.98. The van der Waals surface area contributed by atoms with Gasteiger partial charge in [-0.2, -0.15) is 0 Å². The predicted molar refractivity (Wildman–Crippen MR) is 88.2 cm³/mol. The van der Waals surface area contributed by atoms with Crippen LogP contribution in [-0.2, 0) is 4.79 Å². The number of nitrogens with zero attached hydrogens (tertiary/aromatic N) is 2. The number of benzene rings is 1. The standard InChI is InChI=1S/C17H25N3O2/c1-13(20-11-8-16(21)12-20)17(22)18-14-4-6-15(7-5-14)19-9-2-3-10-19/h4-7,13,16,21H,2-3,8-12H2,1H3,(H,18,22)/t13?,16-/m0/s1. The molecule has 22 heavy (non-hydrogen) atoms. The number of aliphatic hydroxyl groups is 1. The second kappa shape index (κ2) is 6.67. The molecule has 5 heteroatoms. The quantitative estimate of drug-likeness (QED) is 0.888. The van der Waals surface area contributed by atoms with Crippen LogP contribution >= 0.6 is 0 Å². The molecule has 0 saturated carbocycles. The first-order valence-electron chi connectivity index (χ1n) is 8.21. The number of carbonyl (C=O) groups is 1. The third kappa shape index (κ3) is 3.42. The van der Waals surface area contributed by atoms with Crippen molar-refractivity contribution in [3.8, 4) is 0 Å². The molecule has 0 spiro atoms. The van der Waals surface area contributed by atoms with Gasteiger partial charge in [0.1, 0.15) is 0 Å². The minimum Gasteiger partial charge on any atom is -0.392 e. The fraction of sp³-hybridized carbons (Fsp3) is 0.588. The molecule has 2 aliphatic rings. The van der Waals surface area contributed by atoms with Gasteiger partial charge >= 0.3 is 0 Å². The summed E-state index contributed by atoms with van der Waals surface area (Å²) >= 11 is 0. The Morgan fingerprint density at radius 3 is 2.50 bits per heavy atom. The van der Waals surface area contributed by atoms with Crippen LogP contribution in [0.3, 0.4) is 0 Å². The van der Waals surface area contributed by atoms with Crippen LogP contribution in [0.1, 0.15) is 26.2 Å². The number of hydrogen-bond donors (Lipinski definition) is 2. The van der Waals surface area contributed by atoms with Crippen LogP contribution < -0.4 is 10.2 Å². The molecule has 3 rings (SSSR count). The van der Waals surface area contributed by atoms with Gasteiger partial charge in [-0.25, -0.2) is 0 Å². The summed E-state index contributed by atoms with van der Waals surface area (Å²) in [5.74, 6) is -0.0111. The summed E-state index contributed by atoms with van der Waals surface area (Å²) in [4.78, 5) is 16.7. The van der Waals surface area contributed by atoms with Crippen molar-refractivity contribution in [2.45, 2.75) is 38.3 Å². The Morgan fingerprint density at radius 1 is 1.23 bits per heavy atom. The van der Waals surface area contributed by atoms with Crippen molar-refractivity contribution < 1.29 is 9.90 Å². The monoisotopic (exact) mass is 303 g/mol. The van der Waals surface area contributed by atoms with Gasteiger partial charge in [0.2, 0.25) is 5.91 Å². The minimum absolute atomic E-state index is 0.0111. The van der Waals surface area contributed by atoms with Crippen molar-refractivity contribution in [2.75, 3.05) is 36.4 Å². The summed E-state index contributed by atoms with van der Waals surface area (Å²) in [6, 6.07) is 7.88. The van der Waals surface area contributed by atoms with E-state index in [-0.39, 0.29) is 18.1 Å². The molecule has 5 nitrogen and oxygen atoms in total. The van der Waals surface area contributed by atoms with E-state index in [9.17, 15) is 9.90 Å². The molecule has 2 heterocycles. The van der Waals surface area contributed by atoms with Crippen LogP contribution in [0.2, 0.25) is 0 Å². The van der Waals surface area contributed by atoms with Crippen molar-refractivity contribution in [3.05, 3.63) is 24.3 Å². The Balaban J connectivity index is 1.56. The predicted octanol–water partition coefficient (Wildman–Crippen LogP) is 1.68.